The van der Waals surface area contributed by atoms with Gasteiger partial charge in [0.15, 0.2) is 0 Å². The van der Waals surface area contributed by atoms with E-state index in [4.69, 9.17) is 16.3 Å². The van der Waals surface area contributed by atoms with Crippen LogP contribution in [0.4, 0.5) is 5.69 Å². The number of hydrogen-bond acceptors (Lipinski definition) is 5. The number of benzene rings is 2. The first-order valence-corrected chi connectivity index (χ1v) is 11.5. The van der Waals surface area contributed by atoms with Gasteiger partial charge in [-0.05, 0) is 67.6 Å². The highest BCUT2D eigenvalue weighted by Crippen LogP contribution is 2.33. The van der Waals surface area contributed by atoms with Crippen LogP contribution in [0.25, 0.3) is 16.7 Å². The minimum absolute atomic E-state index is 0.0736. The Kier molecular flexibility index (Phi) is 4.74. The summed E-state index contributed by atoms with van der Waals surface area (Å²) in [7, 11) is 0. The maximum atomic E-state index is 13.7. The van der Waals surface area contributed by atoms with Crippen molar-refractivity contribution in [2.24, 2.45) is 0 Å². The number of nitrogens with zero attached hydrogens (tertiary/aromatic N) is 4. The van der Waals surface area contributed by atoms with E-state index in [1.165, 1.54) is 0 Å². The van der Waals surface area contributed by atoms with E-state index in [1.54, 1.807) is 4.90 Å². The Balaban J connectivity index is 1.51. The molecule has 2 aromatic heterocycles. The number of H-pyrrole nitrogens is 1. The normalized spacial score (nSPS) is 16.6. The van der Waals surface area contributed by atoms with Crippen LogP contribution < -0.4 is 10.5 Å². The Bertz CT molecular complexity index is 1490. The van der Waals surface area contributed by atoms with Gasteiger partial charge in [-0.15, -0.1) is 10.2 Å². The number of fused-ring (bicyclic) bond motifs is 4. The zero-order valence-corrected chi connectivity index (χ0v) is 18.9. The van der Waals surface area contributed by atoms with Crippen molar-refractivity contribution < 1.29 is 9.53 Å². The molecule has 0 radical (unpaired) electrons. The molecule has 4 heterocycles. The zero-order chi connectivity index (χ0) is 22.7. The summed E-state index contributed by atoms with van der Waals surface area (Å²) in [5.41, 5.74) is 4.67. The minimum atomic E-state index is -0.294. The Hall–Kier alpha value is -3.23. The van der Waals surface area contributed by atoms with Crippen LogP contribution in [0.15, 0.2) is 35.1 Å². The van der Waals surface area contributed by atoms with Crippen LogP contribution in [0, 0.1) is 6.92 Å². The lowest BCUT2D eigenvalue weighted by atomic mass is 9.99. The van der Waals surface area contributed by atoms with Gasteiger partial charge in [0.1, 0.15) is 5.82 Å². The molecule has 1 fully saturated rings. The van der Waals surface area contributed by atoms with Gasteiger partial charge in [0, 0.05) is 41.9 Å². The Labute approximate surface area is 194 Å². The summed E-state index contributed by atoms with van der Waals surface area (Å²) in [5, 5.41) is 9.22. The SMILES string of the molecule is Cc1cc2[nH]c(=O)c3nnc(C4CCOCC4)n3c2cc1C(=O)N1CCc2cc(Cl)ccc21. The zero-order valence-electron chi connectivity index (χ0n) is 18.1. The largest absolute Gasteiger partial charge is 0.381 e. The average molecular weight is 464 g/mol. The van der Waals surface area contributed by atoms with Crippen molar-refractivity contribution in [3.05, 3.63) is 68.2 Å². The Morgan fingerprint density at radius 3 is 2.82 bits per heavy atom. The molecule has 0 atom stereocenters. The van der Waals surface area contributed by atoms with E-state index in [-0.39, 0.29) is 23.0 Å². The van der Waals surface area contributed by atoms with Gasteiger partial charge in [0.2, 0.25) is 5.65 Å². The molecule has 1 saturated heterocycles. The summed E-state index contributed by atoms with van der Waals surface area (Å²) in [4.78, 5) is 31.1. The van der Waals surface area contributed by atoms with E-state index < -0.39 is 0 Å². The highest BCUT2D eigenvalue weighted by molar-refractivity contribution is 6.30. The van der Waals surface area contributed by atoms with E-state index in [0.717, 1.165) is 47.4 Å². The van der Waals surface area contributed by atoms with Crippen molar-refractivity contribution in [1.82, 2.24) is 19.6 Å². The first-order valence-electron chi connectivity index (χ1n) is 11.1. The summed E-state index contributed by atoms with van der Waals surface area (Å²) in [6.45, 7) is 3.80. The van der Waals surface area contributed by atoms with E-state index in [1.807, 2.05) is 41.7 Å². The number of amides is 1. The van der Waals surface area contributed by atoms with Gasteiger partial charge in [0.25, 0.3) is 11.5 Å². The van der Waals surface area contributed by atoms with Gasteiger partial charge >= 0.3 is 0 Å². The minimum Gasteiger partial charge on any atom is -0.381 e. The third-order valence-corrected chi connectivity index (χ3v) is 6.96. The molecule has 33 heavy (non-hydrogen) atoms. The predicted octanol–water partition coefficient (Wildman–Crippen LogP) is 3.63. The smallest absolute Gasteiger partial charge is 0.294 e. The molecule has 4 aromatic rings. The molecule has 0 saturated carbocycles. The van der Waals surface area contributed by atoms with E-state index >= 15 is 0 Å². The van der Waals surface area contributed by atoms with E-state index in [0.29, 0.717) is 35.9 Å². The number of hydrogen-bond donors (Lipinski definition) is 1. The van der Waals surface area contributed by atoms with Crippen LogP contribution >= 0.6 is 11.6 Å². The third kappa shape index (κ3) is 3.24. The molecule has 2 aliphatic rings. The molecule has 1 N–H and O–H groups in total. The number of carbonyl (C=O) groups is 1. The summed E-state index contributed by atoms with van der Waals surface area (Å²) < 4.78 is 7.31. The second-order valence-electron chi connectivity index (χ2n) is 8.72. The second kappa shape index (κ2) is 7.67. The molecule has 0 bridgehead atoms. The Morgan fingerprint density at radius 2 is 2.00 bits per heavy atom. The summed E-state index contributed by atoms with van der Waals surface area (Å²) in [6.07, 6.45) is 2.41. The number of halogens is 1. The lowest BCUT2D eigenvalue weighted by Gasteiger charge is -2.21. The number of ether oxygens (including phenoxy) is 1. The third-order valence-electron chi connectivity index (χ3n) is 6.72. The highest BCUT2D eigenvalue weighted by atomic mass is 35.5. The molecule has 1 amide bonds. The lowest BCUT2D eigenvalue weighted by Crippen LogP contribution is -2.29. The van der Waals surface area contributed by atoms with Crippen molar-refractivity contribution in [2.75, 3.05) is 24.7 Å². The Morgan fingerprint density at radius 1 is 1.18 bits per heavy atom. The van der Waals surface area contributed by atoms with Crippen LogP contribution in [0.2, 0.25) is 5.02 Å². The van der Waals surface area contributed by atoms with Crippen molar-refractivity contribution in [1.29, 1.82) is 0 Å². The van der Waals surface area contributed by atoms with E-state index in [2.05, 4.69) is 15.2 Å². The lowest BCUT2D eigenvalue weighted by molar-refractivity contribution is 0.0834. The van der Waals surface area contributed by atoms with Crippen LogP contribution in [0.1, 0.15) is 46.1 Å². The van der Waals surface area contributed by atoms with Crippen molar-refractivity contribution in [3.8, 4) is 0 Å². The summed E-state index contributed by atoms with van der Waals surface area (Å²) in [6, 6.07) is 9.34. The molecule has 2 aromatic carbocycles. The van der Waals surface area contributed by atoms with Crippen LogP contribution in [0.3, 0.4) is 0 Å². The van der Waals surface area contributed by atoms with E-state index in [9.17, 15) is 9.59 Å². The molecule has 0 aliphatic carbocycles. The van der Waals surface area contributed by atoms with Gasteiger partial charge < -0.3 is 14.6 Å². The standard InChI is InChI=1S/C24H22ClN5O3/c1-13-10-18-20(12-17(13)24(32)29-7-4-15-11-16(25)2-3-19(15)29)30-21(14-5-8-33-9-6-14)27-28-22(30)23(31)26-18/h2-3,10-12,14H,4-9H2,1H3,(H,26,31). The number of carbonyl (C=O) groups excluding carboxylic acids is 1. The first kappa shape index (κ1) is 20.4. The molecular weight excluding hydrogens is 442 g/mol. The van der Waals surface area contributed by atoms with Crippen molar-refractivity contribution in [2.45, 2.75) is 32.1 Å². The van der Waals surface area contributed by atoms with Gasteiger partial charge in [0.05, 0.1) is 11.0 Å². The van der Waals surface area contributed by atoms with Crippen LogP contribution in [-0.4, -0.2) is 45.2 Å². The maximum Gasteiger partial charge on any atom is 0.294 e. The van der Waals surface area contributed by atoms with Crippen LogP contribution in [-0.2, 0) is 11.2 Å². The maximum absolute atomic E-state index is 13.7. The molecular formula is C24H22ClN5O3. The number of aromatic nitrogens is 4. The van der Waals surface area contributed by atoms with Crippen molar-refractivity contribution in [3.63, 3.8) is 0 Å². The summed E-state index contributed by atoms with van der Waals surface area (Å²) in [5.74, 6) is 0.817. The molecule has 0 spiro atoms. The molecule has 0 unspecified atom stereocenters. The molecule has 6 rings (SSSR count). The predicted molar refractivity (Wildman–Crippen MR) is 125 cm³/mol. The van der Waals surface area contributed by atoms with Gasteiger partial charge in [-0.1, -0.05) is 11.6 Å². The summed E-state index contributed by atoms with van der Waals surface area (Å²) >= 11 is 6.14. The fourth-order valence-electron chi connectivity index (χ4n) is 5.02. The van der Waals surface area contributed by atoms with Gasteiger partial charge in [-0.3, -0.25) is 14.0 Å². The number of rotatable bonds is 2. The molecule has 9 heteroatoms. The topological polar surface area (TPSA) is 92.6 Å². The quantitative estimate of drug-likeness (QED) is 0.490. The number of aromatic amines is 1. The molecule has 2 aliphatic heterocycles. The highest BCUT2D eigenvalue weighted by Gasteiger charge is 2.28. The number of aryl methyl sites for hydroxylation is 1. The van der Waals surface area contributed by atoms with Crippen LogP contribution in [0.5, 0.6) is 0 Å². The van der Waals surface area contributed by atoms with Crippen molar-refractivity contribution >= 4 is 39.9 Å². The molecule has 168 valence electrons. The van der Waals surface area contributed by atoms with Gasteiger partial charge in [-0.2, -0.15) is 0 Å². The monoisotopic (exact) mass is 463 g/mol. The number of anilines is 1. The second-order valence-corrected chi connectivity index (χ2v) is 9.16. The fraction of sp³-hybridized carbons (Fsp3) is 0.333. The number of nitrogens with one attached hydrogen (secondary N) is 1. The fourth-order valence-corrected chi connectivity index (χ4v) is 5.21. The molecule has 8 nitrogen and oxygen atoms in total. The average Bonchev–Trinajstić information content (AvgIpc) is 3.44. The van der Waals surface area contributed by atoms with Gasteiger partial charge in [-0.25, -0.2) is 0 Å². The first-order chi connectivity index (χ1) is 16.0.